The third-order valence-electron chi connectivity index (χ3n) is 2.27. The summed E-state index contributed by atoms with van der Waals surface area (Å²) < 4.78 is 25.5. The van der Waals surface area contributed by atoms with Gasteiger partial charge in [0.1, 0.15) is 0 Å². The molecule has 0 amide bonds. The van der Waals surface area contributed by atoms with Crippen molar-refractivity contribution < 1.29 is 13.2 Å². The summed E-state index contributed by atoms with van der Waals surface area (Å²) in [5, 5.41) is 3.42. The van der Waals surface area contributed by atoms with E-state index in [-0.39, 0.29) is 10.6 Å². The zero-order chi connectivity index (χ0) is 12.3. The lowest BCUT2D eigenvalue weighted by Gasteiger charge is -2.10. The van der Waals surface area contributed by atoms with E-state index in [9.17, 15) is 13.2 Å². The molecular weight excluding hydrogens is 228 g/mol. The third kappa shape index (κ3) is 2.16. The van der Waals surface area contributed by atoms with E-state index in [1.165, 1.54) is 10.9 Å². The van der Waals surface area contributed by atoms with Crippen LogP contribution in [0.15, 0.2) is 11.2 Å². The largest absolute Gasteiger partial charge is 0.298 e. The summed E-state index contributed by atoms with van der Waals surface area (Å²) in [6.45, 7) is 5.60. The minimum absolute atomic E-state index is 0.0411. The number of aromatic nitrogens is 2. The molecule has 0 aliphatic heterocycles. The van der Waals surface area contributed by atoms with Crippen molar-refractivity contribution in [3.63, 3.8) is 0 Å². The number of hydrogen-bond acceptors (Lipinski definition) is 4. The molecule has 0 radical (unpaired) electrons. The van der Waals surface area contributed by atoms with Gasteiger partial charge in [0.05, 0.1) is 17.0 Å². The summed E-state index contributed by atoms with van der Waals surface area (Å²) >= 11 is 0. The van der Waals surface area contributed by atoms with Crippen LogP contribution in [0.5, 0.6) is 0 Å². The Hall–Kier alpha value is -1.17. The monoisotopic (exact) mass is 244 g/mol. The highest BCUT2D eigenvalue weighted by atomic mass is 32.2. The lowest BCUT2D eigenvalue weighted by molar-refractivity contribution is 0.112. The van der Waals surface area contributed by atoms with Crippen molar-refractivity contribution in [3.8, 4) is 0 Å². The predicted molar refractivity (Wildman–Crippen MR) is 60.2 cm³/mol. The number of hydrogen-bond donors (Lipinski definition) is 0. The Kier molecular flexibility index (Phi) is 3.85. The van der Waals surface area contributed by atoms with Gasteiger partial charge < -0.3 is 0 Å². The van der Waals surface area contributed by atoms with E-state index in [4.69, 9.17) is 0 Å². The van der Waals surface area contributed by atoms with Gasteiger partial charge in [0, 0.05) is 6.54 Å². The zero-order valence-corrected chi connectivity index (χ0v) is 10.5. The van der Waals surface area contributed by atoms with Gasteiger partial charge in [0.2, 0.25) is 0 Å². The Morgan fingerprint density at radius 3 is 2.56 bits per heavy atom. The normalized spacial score (nSPS) is 12.0. The first kappa shape index (κ1) is 12.9. The summed E-state index contributed by atoms with van der Waals surface area (Å²) in [5.41, 5.74) is 0.141. The van der Waals surface area contributed by atoms with Crippen molar-refractivity contribution in [1.82, 2.24) is 9.78 Å². The second kappa shape index (κ2) is 4.78. The molecule has 0 spiro atoms. The lowest BCUT2D eigenvalue weighted by Crippen LogP contribution is -2.20. The smallest absolute Gasteiger partial charge is 0.198 e. The van der Waals surface area contributed by atoms with Crippen LogP contribution in [0.1, 0.15) is 37.6 Å². The van der Waals surface area contributed by atoms with Gasteiger partial charge in [-0.3, -0.25) is 9.48 Å². The molecule has 1 aromatic rings. The highest BCUT2D eigenvalue weighted by molar-refractivity contribution is 7.92. The summed E-state index contributed by atoms with van der Waals surface area (Å²) in [4.78, 5) is 10.8. The van der Waals surface area contributed by atoms with E-state index in [0.717, 1.165) is 6.42 Å². The van der Waals surface area contributed by atoms with Crippen molar-refractivity contribution in [1.29, 1.82) is 0 Å². The molecule has 0 aliphatic rings. The summed E-state index contributed by atoms with van der Waals surface area (Å²) in [6.07, 6.45) is 2.60. The number of carbonyl (C=O) groups is 1. The molecule has 0 bridgehead atoms. The minimum Gasteiger partial charge on any atom is -0.298 e. The maximum absolute atomic E-state index is 12.0. The second-order valence-corrected chi connectivity index (χ2v) is 6.26. The van der Waals surface area contributed by atoms with E-state index in [1.54, 1.807) is 13.8 Å². The number of aryl methyl sites for hydroxylation is 1. The van der Waals surface area contributed by atoms with Crippen LogP contribution in [0.2, 0.25) is 0 Å². The summed E-state index contributed by atoms with van der Waals surface area (Å²) in [7, 11) is -3.46. The number of sulfone groups is 1. The molecule has 0 N–H and O–H groups in total. The van der Waals surface area contributed by atoms with Gasteiger partial charge in [-0.1, -0.05) is 6.92 Å². The minimum atomic E-state index is -3.46. The quantitative estimate of drug-likeness (QED) is 0.732. The number of aldehydes is 1. The first-order chi connectivity index (χ1) is 7.45. The molecule has 6 heteroatoms. The van der Waals surface area contributed by atoms with Crippen LogP contribution in [0, 0.1) is 0 Å². The Morgan fingerprint density at radius 1 is 1.50 bits per heavy atom. The van der Waals surface area contributed by atoms with Crippen molar-refractivity contribution in [3.05, 3.63) is 11.8 Å². The molecule has 1 aromatic heterocycles. The molecule has 0 fully saturated rings. The predicted octanol–water partition coefficient (Wildman–Crippen LogP) is 1.29. The first-order valence-electron chi connectivity index (χ1n) is 5.20. The topological polar surface area (TPSA) is 69.0 Å². The molecule has 0 atom stereocenters. The van der Waals surface area contributed by atoms with Crippen LogP contribution in [-0.2, 0) is 16.4 Å². The SMILES string of the molecule is CCCn1ncc(C=O)c1S(=O)(=O)C(C)C. The van der Waals surface area contributed by atoms with Gasteiger partial charge in [-0.05, 0) is 20.3 Å². The highest BCUT2D eigenvalue weighted by Crippen LogP contribution is 2.19. The number of carbonyl (C=O) groups excluding carboxylic acids is 1. The Bertz CT molecular complexity index is 474. The Morgan fingerprint density at radius 2 is 2.12 bits per heavy atom. The van der Waals surface area contributed by atoms with Crippen LogP contribution in [0.25, 0.3) is 0 Å². The molecule has 0 saturated carbocycles. The molecule has 1 heterocycles. The van der Waals surface area contributed by atoms with E-state index in [0.29, 0.717) is 12.8 Å². The Balaban J connectivity index is 3.39. The average molecular weight is 244 g/mol. The van der Waals surface area contributed by atoms with E-state index < -0.39 is 15.1 Å². The maximum Gasteiger partial charge on any atom is 0.198 e. The van der Waals surface area contributed by atoms with Crippen LogP contribution in [0.4, 0.5) is 0 Å². The van der Waals surface area contributed by atoms with Gasteiger partial charge in [0.15, 0.2) is 21.1 Å². The molecule has 90 valence electrons. The molecule has 0 aromatic carbocycles. The molecule has 0 unspecified atom stereocenters. The van der Waals surface area contributed by atoms with Crippen molar-refractivity contribution >= 4 is 16.1 Å². The van der Waals surface area contributed by atoms with E-state index >= 15 is 0 Å². The number of nitrogens with zero attached hydrogens (tertiary/aromatic N) is 2. The molecular formula is C10H16N2O3S. The maximum atomic E-state index is 12.0. The van der Waals surface area contributed by atoms with Gasteiger partial charge in [-0.25, -0.2) is 8.42 Å². The fourth-order valence-electron chi connectivity index (χ4n) is 1.37. The van der Waals surface area contributed by atoms with Gasteiger partial charge in [-0.2, -0.15) is 5.10 Å². The fourth-order valence-corrected chi connectivity index (χ4v) is 2.68. The fraction of sp³-hybridized carbons (Fsp3) is 0.600. The van der Waals surface area contributed by atoms with Crippen LogP contribution in [0.3, 0.4) is 0 Å². The van der Waals surface area contributed by atoms with E-state index in [1.807, 2.05) is 6.92 Å². The summed E-state index contributed by atoms with van der Waals surface area (Å²) in [6, 6.07) is 0. The van der Waals surface area contributed by atoms with Crippen LogP contribution in [-0.4, -0.2) is 29.7 Å². The molecule has 1 rings (SSSR count). The van der Waals surface area contributed by atoms with Crippen molar-refractivity contribution in [2.75, 3.05) is 0 Å². The third-order valence-corrected chi connectivity index (χ3v) is 4.50. The van der Waals surface area contributed by atoms with Gasteiger partial charge in [0.25, 0.3) is 0 Å². The highest BCUT2D eigenvalue weighted by Gasteiger charge is 2.27. The first-order valence-corrected chi connectivity index (χ1v) is 6.74. The van der Waals surface area contributed by atoms with Crippen LogP contribution < -0.4 is 0 Å². The van der Waals surface area contributed by atoms with Crippen molar-refractivity contribution in [2.24, 2.45) is 0 Å². The van der Waals surface area contributed by atoms with Gasteiger partial charge in [-0.15, -0.1) is 0 Å². The lowest BCUT2D eigenvalue weighted by atomic mass is 10.4. The van der Waals surface area contributed by atoms with Gasteiger partial charge >= 0.3 is 0 Å². The number of rotatable bonds is 5. The average Bonchev–Trinajstić information content (AvgIpc) is 2.61. The summed E-state index contributed by atoms with van der Waals surface area (Å²) in [5.74, 6) is 0. The molecule has 0 aliphatic carbocycles. The van der Waals surface area contributed by atoms with Crippen molar-refractivity contribution in [2.45, 2.75) is 44.0 Å². The standard InChI is InChI=1S/C10H16N2O3S/c1-4-5-12-10(9(7-13)6-11-12)16(14,15)8(2)3/h6-8H,4-5H2,1-3H3. The Labute approximate surface area is 95.4 Å². The molecule has 16 heavy (non-hydrogen) atoms. The molecule has 5 nitrogen and oxygen atoms in total. The zero-order valence-electron chi connectivity index (χ0n) is 9.67. The second-order valence-electron chi connectivity index (χ2n) is 3.84. The molecule has 0 saturated heterocycles. The van der Waals surface area contributed by atoms with E-state index in [2.05, 4.69) is 5.10 Å². The van der Waals surface area contributed by atoms with Crippen LogP contribution >= 0.6 is 0 Å².